The van der Waals surface area contributed by atoms with Crippen molar-refractivity contribution in [1.29, 1.82) is 0 Å². The fourth-order valence-corrected chi connectivity index (χ4v) is 6.27. The molecule has 0 radical (unpaired) electrons. The number of aromatic nitrogens is 1. The minimum absolute atomic E-state index is 0.0894. The number of rotatable bonds is 10. The lowest BCUT2D eigenvalue weighted by Crippen LogP contribution is -2.32. The van der Waals surface area contributed by atoms with Crippen LogP contribution in [0.2, 0.25) is 0 Å². The van der Waals surface area contributed by atoms with Crippen LogP contribution >= 0.6 is 11.3 Å². The molecule has 0 aliphatic rings. The van der Waals surface area contributed by atoms with E-state index < -0.39 is 10.0 Å². The second-order valence-corrected chi connectivity index (χ2v) is 11.2. The molecule has 4 aromatic rings. The first-order valence-electron chi connectivity index (χ1n) is 11.3. The summed E-state index contributed by atoms with van der Waals surface area (Å²) in [7, 11) is -3.77. The summed E-state index contributed by atoms with van der Waals surface area (Å²) in [4.78, 5) is 20.1. The lowest BCUT2D eigenvalue weighted by atomic mass is 10.1. The Kier molecular flexibility index (Phi) is 7.53. The number of hydrogen-bond donors (Lipinski definition) is 0. The molecule has 186 valence electrons. The number of fused-ring (bicyclic) bond motifs is 1. The van der Waals surface area contributed by atoms with Crippen LogP contribution in [0.4, 0.5) is 5.13 Å². The van der Waals surface area contributed by atoms with Gasteiger partial charge in [0.25, 0.3) is 5.91 Å². The maximum atomic E-state index is 13.7. The summed E-state index contributed by atoms with van der Waals surface area (Å²) in [5.74, 6) is 0.304. The summed E-state index contributed by atoms with van der Waals surface area (Å²) < 4.78 is 33.9. The Morgan fingerprint density at radius 1 is 1.03 bits per heavy atom. The van der Waals surface area contributed by atoms with Gasteiger partial charge in [-0.25, -0.2) is 13.4 Å². The van der Waals surface area contributed by atoms with Crippen LogP contribution in [0.25, 0.3) is 10.2 Å². The third kappa shape index (κ3) is 5.04. The van der Waals surface area contributed by atoms with Crippen molar-refractivity contribution >= 4 is 42.6 Å². The molecule has 0 atom stereocenters. The predicted molar refractivity (Wildman–Crippen MR) is 144 cm³/mol. The summed E-state index contributed by atoms with van der Waals surface area (Å²) >= 11 is 1.44. The molecule has 4 rings (SSSR count). The third-order valence-corrected chi connectivity index (χ3v) is 8.77. The highest BCUT2D eigenvalue weighted by Gasteiger charge is 2.26. The van der Waals surface area contributed by atoms with E-state index in [-0.39, 0.29) is 30.4 Å². The van der Waals surface area contributed by atoms with E-state index in [0.717, 1.165) is 21.3 Å². The van der Waals surface area contributed by atoms with Crippen molar-refractivity contribution in [2.75, 3.05) is 18.0 Å². The highest BCUT2D eigenvalue weighted by molar-refractivity contribution is 7.89. The molecular weight excluding hydrogens is 494 g/mol. The molecule has 0 saturated carbocycles. The first-order chi connectivity index (χ1) is 17.3. The van der Waals surface area contributed by atoms with Crippen LogP contribution in [0.15, 0.2) is 89.4 Å². The van der Waals surface area contributed by atoms with Crippen LogP contribution < -0.4 is 4.90 Å². The molecule has 0 saturated heterocycles. The number of carbonyl (C=O) groups is 1. The van der Waals surface area contributed by atoms with Crippen LogP contribution in [0.3, 0.4) is 0 Å². The van der Waals surface area contributed by atoms with Gasteiger partial charge >= 0.3 is 0 Å². The van der Waals surface area contributed by atoms with Crippen LogP contribution in [0.5, 0.6) is 0 Å². The van der Waals surface area contributed by atoms with E-state index in [1.54, 1.807) is 23.3 Å². The molecule has 1 amide bonds. The van der Waals surface area contributed by atoms with Gasteiger partial charge in [-0.05, 0) is 61.4 Å². The average Bonchev–Trinajstić information content (AvgIpc) is 3.55. The lowest BCUT2D eigenvalue weighted by molar-refractivity contribution is 0.0983. The molecule has 2 aromatic heterocycles. The zero-order valence-electron chi connectivity index (χ0n) is 20.2. The summed E-state index contributed by atoms with van der Waals surface area (Å²) in [6, 6.07) is 13.6. The molecule has 0 N–H and O–H groups in total. The van der Waals surface area contributed by atoms with Gasteiger partial charge in [0, 0.05) is 18.7 Å². The summed E-state index contributed by atoms with van der Waals surface area (Å²) in [5, 5.41) is 0.545. The Hall–Kier alpha value is -3.53. The van der Waals surface area contributed by atoms with E-state index in [2.05, 4.69) is 13.2 Å². The van der Waals surface area contributed by atoms with Gasteiger partial charge in [-0.3, -0.25) is 9.69 Å². The Morgan fingerprint density at radius 3 is 2.28 bits per heavy atom. The molecule has 0 unspecified atom stereocenters. The van der Waals surface area contributed by atoms with Crippen molar-refractivity contribution in [1.82, 2.24) is 9.29 Å². The maximum Gasteiger partial charge on any atom is 0.260 e. The van der Waals surface area contributed by atoms with Gasteiger partial charge in [0.1, 0.15) is 5.76 Å². The van der Waals surface area contributed by atoms with Crippen molar-refractivity contribution in [2.45, 2.75) is 25.3 Å². The quantitative estimate of drug-likeness (QED) is 0.249. The molecule has 7 nitrogen and oxygen atoms in total. The van der Waals surface area contributed by atoms with Crippen LogP contribution in [-0.4, -0.2) is 36.7 Å². The topological polar surface area (TPSA) is 83.7 Å². The Morgan fingerprint density at radius 2 is 1.69 bits per heavy atom. The molecule has 0 bridgehead atoms. The molecule has 0 spiro atoms. The van der Waals surface area contributed by atoms with Gasteiger partial charge in [0.15, 0.2) is 5.13 Å². The second-order valence-electron chi connectivity index (χ2n) is 8.27. The fourth-order valence-electron chi connectivity index (χ4n) is 3.78. The molecule has 2 aromatic carbocycles. The number of hydrogen-bond acceptors (Lipinski definition) is 6. The Labute approximate surface area is 215 Å². The third-order valence-electron chi connectivity index (χ3n) is 5.71. The first kappa shape index (κ1) is 25.6. The smallest absolute Gasteiger partial charge is 0.260 e. The SMILES string of the molecule is C=CCN(CC=C)S(=O)(=O)c1ccc(C(=O)N(Cc2ccco2)c2nc3c(C)ccc(C)c3s2)cc1. The number of amides is 1. The molecule has 0 aliphatic heterocycles. The van der Waals surface area contributed by atoms with Crippen LogP contribution in [-0.2, 0) is 16.6 Å². The Balaban J connectivity index is 1.70. The van der Waals surface area contributed by atoms with Crippen molar-refractivity contribution < 1.29 is 17.6 Å². The average molecular weight is 522 g/mol. The highest BCUT2D eigenvalue weighted by atomic mass is 32.2. The number of carbonyl (C=O) groups excluding carboxylic acids is 1. The largest absolute Gasteiger partial charge is 0.467 e. The van der Waals surface area contributed by atoms with Crippen LogP contribution in [0, 0.1) is 13.8 Å². The number of anilines is 1. The minimum Gasteiger partial charge on any atom is -0.467 e. The first-order valence-corrected chi connectivity index (χ1v) is 13.5. The van der Waals surface area contributed by atoms with Gasteiger partial charge < -0.3 is 4.42 Å². The number of thiazole rings is 1. The molecule has 0 fully saturated rings. The normalized spacial score (nSPS) is 11.6. The molecule has 36 heavy (non-hydrogen) atoms. The van der Waals surface area contributed by atoms with Gasteiger partial charge in [-0.15, -0.1) is 13.2 Å². The summed E-state index contributed by atoms with van der Waals surface area (Å²) in [6.45, 7) is 11.8. The molecule has 2 heterocycles. The number of furan rings is 1. The maximum absolute atomic E-state index is 13.7. The molecule has 0 aliphatic carbocycles. The van der Waals surface area contributed by atoms with E-state index in [1.165, 1.54) is 52.1 Å². The van der Waals surface area contributed by atoms with Crippen LogP contribution in [0.1, 0.15) is 27.2 Å². The van der Waals surface area contributed by atoms with Crippen molar-refractivity contribution in [2.24, 2.45) is 0 Å². The molecule has 9 heteroatoms. The fraction of sp³-hybridized carbons (Fsp3) is 0.185. The zero-order chi connectivity index (χ0) is 25.9. The van der Waals surface area contributed by atoms with Crippen molar-refractivity contribution in [3.63, 3.8) is 0 Å². The van der Waals surface area contributed by atoms with E-state index in [9.17, 15) is 13.2 Å². The summed E-state index contributed by atoms with van der Waals surface area (Å²) in [5.41, 5.74) is 3.31. The monoisotopic (exact) mass is 521 g/mol. The van der Waals surface area contributed by atoms with E-state index in [0.29, 0.717) is 16.5 Å². The lowest BCUT2D eigenvalue weighted by Gasteiger charge is -2.20. The van der Waals surface area contributed by atoms with Crippen molar-refractivity contribution in [3.05, 3.63) is 103 Å². The van der Waals surface area contributed by atoms with E-state index in [1.807, 2.05) is 26.0 Å². The number of benzene rings is 2. The molecular formula is C27H27N3O4S2. The number of aryl methyl sites for hydroxylation is 2. The minimum atomic E-state index is -3.77. The van der Waals surface area contributed by atoms with Crippen molar-refractivity contribution in [3.8, 4) is 0 Å². The van der Waals surface area contributed by atoms with E-state index in [4.69, 9.17) is 9.40 Å². The summed E-state index contributed by atoms with van der Waals surface area (Å²) in [6.07, 6.45) is 4.60. The van der Waals surface area contributed by atoms with Gasteiger partial charge in [0.2, 0.25) is 10.0 Å². The van der Waals surface area contributed by atoms with Gasteiger partial charge in [-0.1, -0.05) is 35.6 Å². The Bertz CT molecular complexity index is 1460. The van der Waals surface area contributed by atoms with Gasteiger partial charge in [-0.2, -0.15) is 4.31 Å². The standard InChI is InChI=1S/C27H27N3O4S2/c1-5-15-29(16-6-2)36(32,33)23-13-11-21(12-14-23)26(31)30(18-22-8-7-17-34-22)27-28-24-19(3)9-10-20(4)25(24)35-27/h5-14,17H,1-2,15-16,18H2,3-4H3. The second kappa shape index (κ2) is 10.6. The van der Waals surface area contributed by atoms with E-state index >= 15 is 0 Å². The predicted octanol–water partition coefficient (Wildman–Crippen LogP) is 5.72. The number of nitrogens with zero attached hydrogens (tertiary/aromatic N) is 3. The van der Waals surface area contributed by atoms with Gasteiger partial charge in [0.05, 0.1) is 27.9 Å². The number of sulfonamides is 1. The highest BCUT2D eigenvalue weighted by Crippen LogP contribution is 2.34. The zero-order valence-corrected chi connectivity index (χ0v) is 21.8.